The third kappa shape index (κ3) is 3.11. The van der Waals surface area contributed by atoms with Gasteiger partial charge in [-0.05, 0) is 40.8 Å². The lowest BCUT2D eigenvalue weighted by Gasteiger charge is -2.02. The van der Waals surface area contributed by atoms with Crippen molar-refractivity contribution in [3.8, 4) is 0 Å². The maximum Gasteiger partial charge on any atom is 0.165 e. The Morgan fingerprint density at radius 3 is 2.77 bits per heavy atom. The molecule has 0 saturated heterocycles. The molecule has 0 saturated carbocycles. The third-order valence-corrected chi connectivity index (χ3v) is 2.92. The number of halogens is 3. The van der Waals surface area contributed by atoms with Crippen molar-refractivity contribution in [2.45, 2.75) is 6.42 Å². The SMILES string of the molecule is O=C(CCCl)c1cc(Cl)ccc1I. The number of ketones is 1. The summed E-state index contributed by atoms with van der Waals surface area (Å²) in [5, 5.41) is 0.582. The first-order valence-corrected chi connectivity index (χ1v) is 5.68. The summed E-state index contributed by atoms with van der Waals surface area (Å²) < 4.78 is 0.914. The average Bonchev–Trinajstić information content (AvgIpc) is 2.09. The van der Waals surface area contributed by atoms with Gasteiger partial charge in [0.1, 0.15) is 0 Å². The number of alkyl halides is 1. The van der Waals surface area contributed by atoms with E-state index in [4.69, 9.17) is 23.2 Å². The molecule has 1 aromatic rings. The molecule has 0 amide bonds. The number of hydrogen-bond donors (Lipinski definition) is 0. The van der Waals surface area contributed by atoms with Crippen LogP contribution in [0.5, 0.6) is 0 Å². The zero-order valence-corrected chi connectivity index (χ0v) is 10.4. The lowest BCUT2D eigenvalue weighted by atomic mass is 10.1. The van der Waals surface area contributed by atoms with Crippen molar-refractivity contribution in [3.63, 3.8) is 0 Å². The largest absolute Gasteiger partial charge is 0.294 e. The van der Waals surface area contributed by atoms with E-state index >= 15 is 0 Å². The monoisotopic (exact) mass is 328 g/mol. The topological polar surface area (TPSA) is 17.1 Å². The van der Waals surface area contributed by atoms with E-state index < -0.39 is 0 Å². The van der Waals surface area contributed by atoms with Crippen molar-refractivity contribution < 1.29 is 4.79 Å². The molecule has 1 nitrogen and oxygen atoms in total. The van der Waals surface area contributed by atoms with Crippen molar-refractivity contribution in [1.82, 2.24) is 0 Å². The Balaban J connectivity index is 2.99. The summed E-state index contributed by atoms with van der Waals surface area (Å²) in [5.74, 6) is 0.392. The lowest BCUT2D eigenvalue weighted by molar-refractivity contribution is 0.0988. The second-order valence-corrected chi connectivity index (χ2v) is 4.46. The van der Waals surface area contributed by atoms with Gasteiger partial charge in [0.2, 0.25) is 0 Å². The molecule has 0 bridgehead atoms. The third-order valence-electron chi connectivity index (χ3n) is 1.55. The van der Waals surface area contributed by atoms with Gasteiger partial charge in [-0.1, -0.05) is 11.6 Å². The van der Waals surface area contributed by atoms with Gasteiger partial charge in [-0.15, -0.1) is 11.6 Å². The van der Waals surface area contributed by atoms with Crippen LogP contribution in [0.1, 0.15) is 16.8 Å². The minimum atomic E-state index is 0.0434. The van der Waals surface area contributed by atoms with Crippen molar-refractivity contribution >= 4 is 51.6 Å². The molecule has 0 aromatic heterocycles. The number of benzene rings is 1. The first-order chi connectivity index (χ1) is 6.15. The Morgan fingerprint density at radius 2 is 2.15 bits per heavy atom. The molecule has 1 aromatic carbocycles. The highest BCUT2D eigenvalue weighted by Crippen LogP contribution is 2.19. The first kappa shape index (κ1) is 11.3. The molecule has 0 aliphatic carbocycles. The lowest BCUT2D eigenvalue weighted by Crippen LogP contribution is -2.02. The van der Waals surface area contributed by atoms with Crippen LogP contribution in [0.3, 0.4) is 0 Å². The quantitative estimate of drug-likeness (QED) is 0.469. The van der Waals surface area contributed by atoms with E-state index in [-0.39, 0.29) is 5.78 Å². The molecule has 1 rings (SSSR count). The normalized spacial score (nSPS) is 10.1. The molecule has 13 heavy (non-hydrogen) atoms. The van der Waals surface area contributed by atoms with Gasteiger partial charge in [0.15, 0.2) is 5.78 Å². The molecule has 0 spiro atoms. The minimum Gasteiger partial charge on any atom is -0.294 e. The van der Waals surface area contributed by atoms with Crippen LogP contribution in [0.15, 0.2) is 18.2 Å². The van der Waals surface area contributed by atoms with Crippen molar-refractivity contribution in [2.24, 2.45) is 0 Å². The van der Waals surface area contributed by atoms with Crippen LogP contribution in [-0.4, -0.2) is 11.7 Å². The standard InChI is InChI=1S/C9H7Cl2IO/c10-4-3-9(13)7-5-6(11)1-2-8(7)12/h1-2,5H,3-4H2. The van der Waals surface area contributed by atoms with E-state index in [1.807, 2.05) is 6.07 Å². The molecular weight excluding hydrogens is 322 g/mol. The summed E-state index contributed by atoms with van der Waals surface area (Å²) >= 11 is 13.4. The minimum absolute atomic E-state index is 0.0434. The smallest absolute Gasteiger partial charge is 0.165 e. The van der Waals surface area contributed by atoms with E-state index in [9.17, 15) is 4.79 Å². The van der Waals surface area contributed by atoms with Crippen molar-refractivity contribution in [3.05, 3.63) is 32.4 Å². The maximum absolute atomic E-state index is 11.5. The first-order valence-electron chi connectivity index (χ1n) is 3.69. The van der Waals surface area contributed by atoms with Gasteiger partial charge in [-0.25, -0.2) is 0 Å². The fraction of sp³-hybridized carbons (Fsp3) is 0.222. The highest BCUT2D eigenvalue weighted by atomic mass is 127. The van der Waals surface area contributed by atoms with E-state index in [1.54, 1.807) is 12.1 Å². The molecule has 0 aliphatic heterocycles. The highest BCUT2D eigenvalue weighted by molar-refractivity contribution is 14.1. The van der Waals surface area contributed by atoms with Crippen LogP contribution in [0.25, 0.3) is 0 Å². The molecular formula is C9H7Cl2IO. The molecule has 0 N–H and O–H groups in total. The van der Waals surface area contributed by atoms with E-state index in [0.29, 0.717) is 22.9 Å². The summed E-state index contributed by atoms with van der Waals surface area (Å²) in [6.07, 6.45) is 0.359. The summed E-state index contributed by atoms with van der Waals surface area (Å²) in [6, 6.07) is 5.27. The van der Waals surface area contributed by atoms with Crippen LogP contribution in [0.4, 0.5) is 0 Å². The van der Waals surface area contributed by atoms with Crippen LogP contribution >= 0.6 is 45.8 Å². The Bertz CT molecular complexity index is 325. The van der Waals surface area contributed by atoms with Gasteiger partial charge in [-0.3, -0.25) is 4.79 Å². The van der Waals surface area contributed by atoms with Gasteiger partial charge < -0.3 is 0 Å². The van der Waals surface area contributed by atoms with Gasteiger partial charge in [0.05, 0.1) is 0 Å². The van der Waals surface area contributed by atoms with Crippen LogP contribution in [0.2, 0.25) is 5.02 Å². The summed E-state index contributed by atoms with van der Waals surface area (Å²) in [7, 11) is 0. The predicted molar refractivity (Wildman–Crippen MR) is 63.8 cm³/mol. The van der Waals surface area contributed by atoms with Gasteiger partial charge in [-0.2, -0.15) is 0 Å². The molecule has 0 aliphatic rings. The maximum atomic E-state index is 11.5. The zero-order valence-electron chi connectivity index (χ0n) is 6.69. The number of rotatable bonds is 3. The van der Waals surface area contributed by atoms with Crippen molar-refractivity contribution in [1.29, 1.82) is 0 Å². The average molecular weight is 329 g/mol. The molecule has 0 heterocycles. The van der Waals surface area contributed by atoms with Crippen LogP contribution in [0, 0.1) is 3.57 Å². The van der Waals surface area contributed by atoms with E-state index in [1.165, 1.54) is 0 Å². The summed E-state index contributed by atoms with van der Waals surface area (Å²) in [5.41, 5.74) is 0.661. The number of Topliss-reactive ketones (excluding diaryl/α,β-unsaturated/α-hetero) is 1. The summed E-state index contributed by atoms with van der Waals surface area (Å²) in [4.78, 5) is 11.5. The van der Waals surface area contributed by atoms with Gasteiger partial charge in [0, 0.05) is 26.5 Å². The summed E-state index contributed by atoms with van der Waals surface area (Å²) in [6.45, 7) is 0. The molecule has 0 unspecified atom stereocenters. The molecule has 70 valence electrons. The van der Waals surface area contributed by atoms with E-state index in [0.717, 1.165) is 3.57 Å². The van der Waals surface area contributed by atoms with Crippen LogP contribution < -0.4 is 0 Å². The predicted octanol–water partition coefficient (Wildman–Crippen LogP) is 3.76. The fourth-order valence-corrected chi connectivity index (χ4v) is 1.91. The van der Waals surface area contributed by atoms with Crippen LogP contribution in [-0.2, 0) is 0 Å². The number of carbonyl (C=O) groups excluding carboxylic acids is 1. The Hall–Kier alpha value is 0.200. The van der Waals surface area contributed by atoms with Gasteiger partial charge >= 0.3 is 0 Å². The second-order valence-electron chi connectivity index (χ2n) is 2.49. The fourth-order valence-electron chi connectivity index (χ4n) is 0.932. The Labute approximate surface area is 101 Å². The molecule has 0 radical (unpaired) electrons. The second kappa shape index (κ2) is 5.17. The Morgan fingerprint density at radius 1 is 1.46 bits per heavy atom. The highest BCUT2D eigenvalue weighted by Gasteiger charge is 2.09. The number of carbonyl (C=O) groups is 1. The van der Waals surface area contributed by atoms with Crippen molar-refractivity contribution in [2.75, 3.05) is 5.88 Å². The Kier molecular flexibility index (Phi) is 4.49. The van der Waals surface area contributed by atoms with Gasteiger partial charge in [0.25, 0.3) is 0 Å². The molecule has 0 fully saturated rings. The number of hydrogen-bond acceptors (Lipinski definition) is 1. The van der Waals surface area contributed by atoms with E-state index in [2.05, 4.69) is 22.6 Å². The molecule has 0 atom stereocenters. The molecule has 4 heteroatoms. The zero-order chi connectivity index (χ0) is 9.84.